The third-order valence-corrected chi connectivity index (χ3v) is 7.04. The van der Waals surface area contributed by atoms with Crippen molar-refractivity contribution in [3.63, 3.8) is 0 Å². The number of benzene rings is 2. The van der Waals surface area contributed by atoms with Gasteiger partial charge in [-0.25, -0.2) is 4.98 Å². The Morgan fingerprint density at radius 3 is 2.75 bits per heavy atom. The van der Waals surface area contributed by atoms with Crippen molar-refractivity contribution in [3.8, 4) is 5.75 Å². The van der Waals surface area contributed by atoms with Crippen LogP contribution in [0.2, 0.25) is 5.28 Å². The summed E-state index contributed by atoms with van der Waals surface area (Å²) in [5.74, 6) is 1.07. The Balaban J connectivity index is 1.45. The van der Waals surface area contributed by atoms with Gasteiger partial charge in [0.2, 0.25) is 5.28 Å². The predicted molar refractivity (Wildman–Crippen MR) is 132 cm³/mol. The van der Waals surface area contributed by atoms with Crippen LogP contribution in [0.3, 0.4) is 0 Å². The van der Waals surface area contributed by atoms with E-state index in [0.29, 0.717) is 17.0 Å². The molecule has 5 N–H and O–H groups in total. The first-order chi connectivity index (χ1) is 17.1. The first-order valence-electron chi connectivity index (χ1n) is 10.9. The molecular formula is C22H23ClN5O7P. The van der Waals surface area contributed by atoms with Crippen LogP contribution < -0.4 is 10.1 Å². The number of anilines is 2. The van der Waals surface area contributed by atoms with Gasteiger partial charge in [0.05, 0.1) is 25.7 Å². The van der Waals surface area contributed by atoms with Crippen LogP contribution in [-0.4, -0.2) is 71.1 Å². The van der Waals surface area contributed by atoms with Crippen LogP contribution in [0.1, 0.15) is 12.6 Å². The van der Waals surface area contributed by atoms with Crippen LogP contribution in [0, 0.1) is 0 Å². The molecule has 2 aromatic carbocycles. The number of fused-ring (bicyclic) bond motifs is 2. The number of rotatable bonds is 7. The smallest absolute Gasteiger partial charge is 0.325 e. The number of imidazole rings is 1. The lowest BCUT2D eigenvalue weighted by Gasteiger charge is -2.17. The molecule has 2 unspecified atom stereocenters. The molecule has 2 aromatic heterocycles. The maximum atomic E-state index is 11.2. The number of halogens is 1. The normalized spacial score (nSPS) is 22.4. The van der Waals surface area contributed by atoms with Gasteiger partial charge in [0.25, 0.3) is 0 Å². The van der Waals surface area contributed by atoms with E-state index < -0.39 is 38.3 Å². The molecule has 1 aliphatic rings. The van der Waals surface area contributed by atoms with Gasteiger partial charge in [0, 0.05) is 11.1 Å². The Hall–Kier alpha value is -2.83. The summed E-state index contributed by atoms with van der Waals surface area (Å²) in [5, 5.41) is 26.0. The number of aliphatic hydroxyl groups excluding tert-OH is 2. The SMILES string of the molecule is COc1cccc2cc(Nc3nc(Cl)nc4c3ncn4[C@@H]3O[C@H](CCP(=O)(O)O)C(O)C3O)ccc12. The van der Waals surface area contributed by atoms with Gasteiger partial charge in [-0.15, -0.1) is 0 Å². The highest BCUT2D eigenvalue weighted by Crippen LogP contribution is 2.40. The molecule has 0 amide bonds. The number of methoxy groups -OCH3 is 1. The average molecular weight is 536 g/mol. The molecule has 0 radical (unpaired) electrons. The lowest BCUT2D eigenvalue weighted by atomic mass is 10.1. The number of hydrogen-bond donors (Lipinski definition) is 5. The van der Waals surface area contributed by atoms with Crippen LogP contribution in [0.4, 0.5) is 11.5 Å². The van der Waals surface area contributed by atoms with Crippen molar-refractivity contribution in [1.82, 2.24) is 19.5 Å². The summed E-state index contributed by atoms with van der Waals surface area (Å²) in [6, 6.07) is 11.4. The fourth-order valence-corrected chi connectivity index (χ4v) is 5.06. The third-order valence-electron chi connectivity index (χ3n) is 6.03. The minimum atomic E-state index is -4.30. The molecule has 4 aromatic rings. The predicted octanol–water partition coefficient (Wildman–Crippen LogP) is 2.57. The van der Waals surface area contributed by atoms with Gasteiger partial charge < -0.3 is 34.8 Å². The number of nitrogens with one attached hydrogen (secondary N) is 1. The van der Waals surface area contributed by atoms with E-state index in [2.05, 4.69) is 20.3 Å². The summed E-state index contributed by atoms with van der Waals surface area (Å²) >= 11 is 6.19. The first kappa shape index (κ1) is 24.8. The molecule has 0 aliphatic carbocycles. The molecule has 0 bridgehead atoms. The third kappa shape index (κ3) is 4.76. The van der Waals surface area contributed by atoms with E-state index in [9.17, 15) is 14.8 Å². The Kier molecular flexibility index (Phi) is 6.60. The van der Waals surface area contributed by atoms with Crippen molar-refractivity contribution in [2.24, 2.45) is 0 Å². The summed E-state index contributed by atoms with van der Waals surface area (Å²) in [4.78, 5) is 31.1. The Bertz CT molecular complexity index is 1480. The molecule has 5 rings (SSSR count). The van der Waals surface area contributed by atoms with Crippen molar-refractivity contribution >= 4 is 52.6 Å². The molecule has 36 heavy (non-hydrogen) atoms. The second kappa shape index (κ2) is 9.56. The molecule has 0 spiro atoms. The number of aliphatic hydroxyl groups is 2. The van der Waals surface area contributed by atoms with Crippen molar-refractivity contribution in [3.05, 3.63) is 48.0 Å². The standard InChI is InChI=1S/C22H23ClN5O7P/c1-34-14-4-2-3-11-9-12(5-6-13(11)14)25-19-16-20(27-22(23)26-19)28(10-24-16)21-18(30)17(29)15(35-21)7-8-36(31,32)33/h2-6,9-10,15,17-18,21,29-30H,7-8H2,1H3,(H,25,26,27)(H2,31,32,33)/t15-,17?,18?,21-/m1/s1. The molecule has 1 fully saturated rings. The molecular weight excluding hydrogens is 513 g/mol. The van der Waals surface area contributed by atoms with E-state index in [1.807, 2.05) is 36.4 Å². The molecule has 0 saturated carbocycles. The zero-order valence-corrected chi connectivity index (χ0v) is 20.5. The van der Waals surface area contributed by atoms with Gasteiger partial charge in [0.15, 0.2) is 23.2 Å². The van der Waals surface area contributed by atoms with E-state index in [-0.39, 0.29) is 17.4 Å². The van der Waals surface area contributed by atoms with Crippen LogP contribution in [0.5, 0.6) is 5.75 Å². The monoisotopic (exact) mass is 535 g/mol. The molecule has 190 valence electrons. The van der Waals surface area contributed by atoms with Crippen molar-refractivity contribution in [1.29, 1.82) is 0 Å². The van der Waals surface area contributed by atoms with E-state index in [1.165, 1.54) is 10.9 Å². The average Bonchev–Trinajstić information content (AvgIpc) is 3.37. The zero-order valence-electron chi connectivity index (χ0n) is 18.9. The number of hydrogen-bond acceptors (Lipinski definition) is 9. The molecule has 1 aliphatic heterocycles. The van der Waals surface area contributed by atoms with Crippen molar-refractivity contribution in [2.75, 3.05) is 18.6 Å². The summed E-state index contributed by atoms with van der Waals surface area (Å²) < 4.78 is 23.8. The zero-order chi connectivity index (χ0) is 25.6. The number of ether oxygens (including phenoxy) is 2. The van der Waals surface area contributed by atoms with Crippen LogP contribution in [-0.2, 0) is 9.30 Å². The molecule has 3 heterocycles. The quantitative estimate of drug-likeness (QED) is 0.174. The van der Waals surface area contributed by atoms with Gasteiger partial charge in [0.1, 0.15) is 18.0 Å². The lowest BCUT2D eigenvalue weighted by molar-refractivity contribution is -0.0355. The van der Waals surface area contributed by atoms with Gasteiger partial charge in [-0.05, 0) is 47.7 Å². The highest BCUT2D eigenvalue weighted by atomic mass is 35.5. The molecule has 4 atom stereocenters. The summed E-state index contributed by atoms with van der Waals surface area (Å²) in [6.45, 7) is 0. The topological polar surface area (TPSA) is 172 Å². The molecule has 1 saturated heterocycles. The minimum absolute atomic E-state index is 0.0831. The Morgan fingerprint density at radius 2 is 2.00 bits per heavy atom. The van der Waals surface area contributed by atoms with Crippen molar-refractivity contribution < 1.29 is 34.0 Å². The highest BCUT2D eigenvalue weighted by molar-refractivity contribution is 7.51. The summed E-state index contributed by atoms with van der Waals surface area (Å²) in [6.07, 6.45) is -4.08. The van der Waals surface area contributed by atoms with Crippen LogP contribution >= 0.6 is 19.2 Å². The van der Waals surface area contributed by atoms with Gasteiger partial charge in [-0.1, -0.05) is 12.1 Å². The van der Waals surface area contributed by atoms with Crippen molar-refractivity contribution in [2.45, 2.75) is 31.0 Å². The minimum Gasteiger partial charge on any atom is -0.496 e. The highest BCUT2D eigenvalue weighted by Gasteiger charge is 2.44. The summed E-state index contributed by atoms with van der Waals surface area (Å²) in [5.41, 5.74) is 1.30. The maximum absolute atomic E-state index is 11.2. The van der Waals surface area contributed by atoms with Gasteiger partial charge in [-0.3, -0.25) is 9.13 Å². The Morgan fingerprint density at radius 1 is 1.19 bits per heavy atom. The van der Waals surface area contributed by atoms with Crippen LogP contribution in [0.25, 0.3) is 21.9 Å². The largest absolute Gasteiger partial charge is 0.496 e. The second-order valence-corrected chi connectivity index (χ2v) is 10.5. The van der Waals surface area contributed by atoms with Gasteiger partial charge >= 0.3 is 7.60 Å². The van der Waals surface area contributed by atoms with E-state index in [1.54, 1.807) is 7.11 Å². The first-order valence-corrected chi connectivity index (χ1v) is 13.1. The lowest BCUT2D eigenvalue weighted by Crippen LogP contribution is -2.31. The molecule has 12 nitrogen and oxygen atoms in total. The van der Waals surface area contributed by atoms with E-state index >= 15 is 0 Å². The van der Waals surface area contributed by atoms with Crippen LogP contribution in [0.15, 0.2) is 42.7 Å². The molecule has 14 heteroatoms. The Labute approximate surface area is 209 Å². The van der Waals surface area contributed by atoms with E-state index in [0.717, 1.165) is 16.5 Å². The maximum Gasteiger partial charge on any atom is 0.325 e. The fourth-order valence-electron chi connectivity index (χ4n) is 4.30. The number of nitrogens with zero attached hydrogens (tertiary/aromatic N) is 4. The fraction of sp³-hybridized carbons (Fsp3) is 0.318. The van der Waals surface area contributed by atoms with E-state index in [4.69, 9.17) is 30.9 Å². The number of aromatic nitrogens is 4. The second-order valence-electron chi connectivity index (χ2n) is 8.41. The summed E-state index contributed by atoms with van der Waals surface area (Å²) in [7, 11) is -2.68. The van der Waals surface area contributed by atoms with Gasteiger partial charge in [-0.2, -0.15) is 9.97 Å².